The van der Waals surface area contributed by atoms with Crippen LogP contribution in [0.2, 0.25) is 0 Å². The molecule has 9 heteroatoms. The number of benzene rings is 2. The Morgan fingerprint density at radius 1 is 1.18 bits per heavy atom. The van der Waals surface area contributed by atoms with Gasteiger partial charge >= 0.3 is 6.03 Å². The molecule has 5 rings (SSSR count). The van der Waals surface area contributed by atoms with E-state index < -0.39 is 30.0 Å². The summed E-state index contributed by atoms with van der Waals surface area (Å²) < 4.78 is 33.4. The van der Waals surface area contributed by atoms with Crippen molar-refractivity contribution in [3.8, 4) is 11.5 Å². The first kappa shape index (κ1) is 17.3. The van der Waals surface area contributed by atoms with Gasteiger partial charge in [-0.05, 0) is 52.3 Å². The first-order chi connectivity index (χ1) is 13.4. The van der Waals surface area contributed by atoms with Crippen LogP contribution in [0.15, 0.2) is 45.3 Å². The van der Waals surface area contributed by atoms with E-state index in [1.165, 1.54) is 17.0 Å². The summed E-state index contributed by atoms with van der Waals surface area (Å²) in [5.74, 6) is -0.666. The van der Waals surface area contributed by atoms with Crippen molar-refractivity contribution in [1.29, 1.82) is 0 Å². The monoisotopic (exact) mass is 447 g/mol. The van der Waals surface area contributed by atoms with Gasteiger partial charge in [0.15, 0.2) is 5.58 Å². The highest BCUT2D eigenvalue weighted by Gasteiger charge is 2.51. The average molecular weight is 448 g/mol. The molecule has 0 spiro atoms. The molecule has 2 aliphatic heterocycles. The molecule has 0 saturated carbocycles. The van der Waals surface area contributed by atoms with E-state index in [1.807, 2.05) is 0 Å². The normalized spacial score (nSPS) is 21.8. The fourth-order valence-corrected chi connectivity index (χ4v) is 4.09. The van der Waals surface area contributed by atoms with E-state index in [0.717, 1.165) is 4.90 Å². The predicted molar refractivity (Wildman–Crippen MR) is 100.0 cm³/mol. The molecule has 0 bridgehead atoms. The SMILES string of the molecule is O=C1[C@@H]2C[C@H](F)CN2C(=O)N1c1ccc2oc(-c3cc(F)ccc3Br)nc2c1. The number of rotatable bonds is 2. The van der Waals surface area contributed by atoms with E-state index >= 15 is 0 Å². The Hall–Kier alpha value is -2.81. The minimum atomic E-state index is -1.18. The van der Waals surface area contributed by atoms with E-state index in [0.29, 0.717) is 26.8 Å². The minimum Gasteiger partial charge on any atom is -0.436 e. The maximum atomic E-state index is 13.6. The molecule has 0 unspecified atom stereocenters. The molecule has 28 heavy (non-hydrogen) atoms. The van der Waals surface area contributed by atoms with Gasteiger partial charge in [0.2, 0.25) is 5.89 Å². The van der Waals surface area contributed by atoms with Gasteiger partial charge in [0.05, 0.1) is 17.8 Å². The standard InChI is InChI=1S/C19H12BrF2N3O3/c20-13-3-1-9(21)5-12(13)17-23-14-7-11(2-4-16(14)28-17)25-18(26)15-6-10(22)8-24(15)19(25)27/h1-5,7,10,15H,6,8H2/t10-,15-/m0/s1. The zero-order valence-electron chi connectivity index (χ0n) is 14.2. The largest absolute Gasteiger partial charge is 0.436 e. The lowest BCUT2D eigenvalue weighted by atomic mass is 10.2. The highest BCUT2D eigenvalue weighted by atomic mass is 79.9. The Bertz CT molecular complexity index is 1120. The molecule has 2 fully saturated rings. The first-order valence-electron chi connectivity index (χ1n) is 8.57. The number of carbonyl (C=O) groups excluding carboxylic acids is 2. The summed E-state index contributed by atoms with van der Waals surface area (Å²) in [6.07, 6.45) is -1.16. The summed E-state index contributed by atoms with van der Waals surface area (Å²) in [6.45, 7) is -0.0737. The van der Waals surface area contributed by atoms with Crippen LogP contribution in [0.1, 0.15) is 6.42 Å². The topological polar surface area (TPSA) is 66.7 Å². The molecule has 3 amide bonds. The molecule has 2 aromatic carbocycles. The number of amides is 3. The number of anilines is 1. The number of nitrogens with zero attached hydrogens (tertiary/aromatic N) is 3. The summed E-state index contributed by atoms with van der Waals surface area (Å²) in [5, 5.41) is 0. The molecule has 0 aliphatic carbocycles. The fraction of sp³-hybridized carbons (Fsp3) is 0.211. The second-order valence-corrected chi connectivity index (χ2v) is 7.61. The summed E-state index contributed by atoms with van der Waals surface area (Å²) in [6, 6.07) is 7.59. The Morgan fingerprint density at radius 3 is 2.79 bits per heavy atom. The van der Waals surface area contributed by atoms with E-state index in [2.05, 4.69) is 20.9 Å². The second kappa shape index (κ2) is 6.10. The van der Waals surface area contributed by atoms with Crippen molar-refractivity contribution < 1.29 is 22.8 Å². The van der Waals surface area contributed by atoms with Crippen LogP contribution in [-0.4, -0.2) is 40.6 Å². The van der Waals surface area contributed by atoms with Crippen LogP contribution in [0.25, 0.3) is 22.6 Å². The van der Waals surface area contributed by atoms with Crippen molar-refractivity contribution in [1.82, 2.24) is 9.88 Å². The van der Waals surface area contributed by atoms with Crippen molar-refractivity contribution >= 4 is 44.7 Å². The van der Waals surface area contributed by atoms with Gasteiger partial charge in [-0.25, -0.2) is 23.5 Å². The van der Waals surface area contributed by atoms with Gasteiger partial charge in [0, 0.05) is 10.9 Å². The molecule has 1 aromatic heterocycles. The maximum absolute atomic E-state index is 13.6. The first-order valence-corrected chi connectivity index (χ1v) is 9.36. The molecular formula is C19H12BrF2N3O3. The van der Waals surface area contributed by atoms with Gasteiger partial charge in [-0.2, -0.15) is 0 Å². The lowest BCUT2D eigenvalue weighted by Crippen LogP contribution is -2.34. The second-order valence-electron chi connectivity index (χ2n) is 6.75. The van der Waals surface area contributed by atoms with E-state index in [4.69, 9.17) is 4.42 Å². The molecular weight excluding hydrogens is 436 g/mol. The molecule has 0 N–H and O–H groups in total. The highest BCUT2D eigenvalue weighted by molar-refractivity contribution is 9.10. The molecule has 2 aliphatic rings. The lowest BCUT2D eigenvalue weighted by Gasteiger charge is -2.15. The Kier molecular flexibility index (Phi) is 3.77. The Labute approximate surface area is 165 Å². The third kappa shape index (κ3) is 2.53. The smallest absolute Gasteiger partial charge is 0.332 e. The van der Waals surface area contributed by atoms with Crippen LogP contribution in [-0.2, 0) is 4.79 Å². The number of urea groups is 1. The number of aromatic nitrogens is 1. The van der Waals surface area contributed by atoms with E-state index in [9.17, 15) is 18.4 Å². The van der Waals surface area contributed by atoms with Crippen molar-refractivity contribution in [2.24, 2.45) is 0 Å². The number of alkyl halides is 1. The van der Waals surface area contributed by atoms with Crippen LogP contribution in [0.5, 0.6) is 0 Å². The van der Waals surface area contributed by atoms with Gasteiger partial charge in [-0.3, -0.25) is 4.79 Å². The number of imide groups is 1. The van der Waals surface area contributed by atoms with Gasteiger partial charge in [-0.15, -0.1) is 0 Å². The van der Waals surface area contributed by atoms with E-state index in [-0.39, 0.29) is 18.9 Å². The Morgan fingerprint density at radius 2 is 2.00 bits per heavy atom. The molecule has 3 aromatic rings. The molecule has 2 atom stereocenters. The zero-order chi connectivity index (χ0) is 19.6. The number of carbonyl (C=O) groups is 2. The summed E-state index contributed by atoms with van der Waals surface area (Å²) in [4.78, 5) is 31.8. The third-order valence-electron chi connectivity index (χ3n) is 4.98. The third-order valence-corrected chi connectivity index (χ3v) is 5.67. The zero-order valence-corrected chi connectivity index (χ0v) is 15.8. The minimum absolute atomic E-state index is 0.0189. The van der Waals surface area contributed by atoms with Gasteiger partial charge in [0.25, 0.3) is 5.91 Å². The van der Waals surface area contributed by atoms with Gasteiger partial charge in [-0.1, -0.05) is 0 Å². The number of fused-ring (bicyclic) bond motifs is 2. The Balaban J connectivity index is 1.54. The van der Waals surface area contributed by atoms with Crippen LogP contribution in [0.4, 0.5) is 19.3 Å². The average Bonchev–Trinajstić information content (AvgIpc) is 3.31. The van der Waals surface area contributed by atoms with Crippen LogP contribution in [0, 0.1) is 5.82 Å². The highest BCUT2D eigenvalue weighted by Crippen LogP contribution is 2.35. The lowest BCUT2D eigenvalue weighted by molar-refractivity contribution is -0.119. The molecule has 6 nitrogen and oxygen atoms in total. The maximum Gasteiger partial charge on any atom is 0.332 e. The number of halogens is 3. The predicted octanol–water partition coefficient (Wildman–Crippen LogP) is 4.28. The number of oxazole rings is 1. The van der Waals surface area contributed by atoms with Crippen molar-refractivity contribution in [3.63, 3.8) is 0 Å². The van der Waals surface area contributed by atoms with E-state index in [1.54, 1.807) is 24.3 Å². The van der Waals surface area contributed by atoms with Crippen LogP contribution < -0.4 is 4.90 Å². The molecule has 3 heterocycles. The summed E-state index contributed by atoms with van der Waals surface area (Å²) in [7, 11) is 0. The fourth-order valence-electron chi connectivity index (χ4n) is 3.67. The van der Waals surface area contributed by atoms with Crippen molar-refractivity contribution in [2.45, 2.75) is 18.6 Å². The van der Waals surface area contributed by atoms with Crippen molar-refractivity contribution in [2.75, 3.05) is 11.4 Å². The number of hydrogen-bond donors (Lipinski definition) is 0. The summed E-state index contributed by atoms with van der Waals surface area (Å²) in [5.41, 5.74) is 1.63. The van der Waals surface area contributed by atoms with Crippen LogP contribution in [0.3, 0.4) is 0 Å². The van der Waals surface area contributed by atoms with Gasteiger partial charge in [0.1, 0.15) is 23.5 Å². The van der Waals surface area contributed by atoms with Crippen LogP contribution >= 0.6 is 15.9 Å². The van der Waals surface area contributed by atoms with Crippen molar-refractivity contribution in [3.05, 3.63) is 46.7 Å². The number of hydrogen-bond acceptors (Lipinski definition) is 4. The summed E-state index contributed by atoms with van der Waals surface area (Å²) >= 11 is 3.34. The molecule has 142 valence electrons. The van der Waals surface area contributed by atoms with Gasteiger partial charge < -0.3 is 9.32 Å². The molecule has 2 saturated heterocycles. The molecule has 0 radical (unpaired) electrons. The quantitative estimate of drug-likeness (QED) is 0.550.